The van der Waals surface area contributed by atoms with Gasteiger partial charge >= 0.3 is 0 Å². The Morgan fingerprint density at radius 1 is 1.33 bits per heavy atom. The van der Waals surface area contributed by atoms with Gasteiger partial charge in [-0.2, -0.15) is 0 Å². The number of nitrogens with one attached hydrogen (secondary N) is 1. The van der Waals surface area contributed by atoms with Crippen molar-refractivity contribution in [1.29, 1.82) is 0 Å². The summed E-state index contributed by atoms with van der Waals surface area (Å²) in [7, 11) is 0. The fourth-order valence-corrected chi connectivity index (χ4v) is 1.41. The Hall–Kier alpha value is -2.34. The quantitative estimate of drug-likeness (QED) is 0.491. The largest absolute Gasteiger partial charge is 0.486 e. The van der Waals surface area contributed by atoms with Crippen LogP contribution in [0.5, 0.6) is 5.75 Å². The molecule has 0 atom stereocenters. The molecule has 0 spiro atoms. The predicted molar refractivity (Wildman–Crippen MR) is 61.1 cm³/mol. The van der Waals surface area contributed by atoms with Crippen molar-refractivity contribution in [1.82, 2.24) is 5.43 Å². The van der Waals surface area contributed by atoms with Gasteiger partial charge in [0, 0.05) is 0 Å². The number of nitrogen functional groups attached to an aromatic ring is 1. The maximum atomic E-state index is 12.7. The van der Waals surface area contributed by atoms with Gasteiger partial charge in [-0.15, -0.1) is 0 Å². The number of hydrogen-bond donors (Lipinski definition) is 2. The van der Waals surface area contributed by atoms with Crippen LogP contribution in [0.3, 0.4) is 0 Å². The first kappa shape index (κ1) is 12.1. The molecule has 1 amide bonds. The van der Waals surface area contributed by atoms with Crippen LogP contribution in [0, 0.1) is 5.82 Å². The fraction of sp³-hybridized carbons (Fsp3) is 0.0833. The molecular weight excluding hydrogens is 239 g/mol. The Balaban J connectivity index is 2.04. The molecule has 0 radical (unpaired) electrons. The molecule has 94 valence electrons. The van der Waals surface area contributed by atoms with Crippen LogP contribution in [-0.2, 0) is 6.61 Å². The van der Waals surface area contributed by atoms with E-state index in [-0.39, 0.29) is 12.4 Å². The lowest BCUT2D eigenvalue weighted by atomic mass is 10.2. The minimum absolute atomic E-state index is 0.0569. The molecule has 0 aliphatic heterocycles. The Bertz CT molecular complexity index is 537. The summed E-state index contributed by atoms with van der Waals surface area (Å²) in [5.41, 5.74) is 2.31. The number of amides is 1. The number of furan rings is 1. The number of ether oxygens (including phenoxy) is 1. The van der Waals surface area contributed by atoms with Gasteiger partial charge in [-0.05, 0) is 30.3 Å². The van der Waals surface area contributed by atoms with Gasteiger partial charge in [-0.1, -0.05) is 0 Å². The summed E-state index contributed by atoms with van der Waals surface area (Å²) < 4.78 is 23.2. The van der Waals surface area contributed by atoms with E-state index in [0.29, 0.717) is 17.1 Å². The van der Waals surface area contributed by atoms with Crippen LogP contribution in [-0.4, -0.2) is 5.91 Å². The van der Waals surface area contributed by atoms with Crippen LogP contribution in [0.25, 0.3) is 0 Å². The van der Waals surface area contributed by atoms with Crippen molar-refractivity contribution in [2.24, 2.45) is 5.84 Å². The molecule has 0 saturated carbocycles. The van der Waals surface area contributed by atoms with E-state index < -0.39 is 5.91 Å². The van der Waals surface area contributed by atoms with E-state index in [4.69, 9.17) is 15.0 Å². The molecule has 1 aromatic heterocycles. The smallest absolute Gasteiger partial charge is 0.268 e. The highest BCUT2D eigenvalue weighted by molar-refractivity contribution is 5.94. The zero-order valence-corrected chi connectivity index (χ0v) is 9.35. The minimum Gasteiger partial charge on any atom is -0.486 e. The van der Waals surface area contributed by atoms with E-state index in [9.17, 15) is 9.18 Å². The van der Waals surface area contributed by atoms with Gasteiger partial charge in [0.15, 0.2) is 5.76 Å². The molecule has 3 N–H and O–H groups in total. The number of carbonyl (C=O) groups is 1. The number of rotatable bonds is 4. The number of carbonyl (C=O) groups excluding carboxylic acids is 1. The van der Waals surface area contributed by atoms with Gasteiger partial charge < -0.3 is 9.15 Å². The van der Waals surface area contributed by atoms with Crippen molar-refractivity contribution in [2.45, 2.75) is 6.61 Å². The molecule has 6 heteroatoms. The Labute approximate surface area is 102 Å². The van der Waals surface area contributed by atoms with Crippen LogP contribution in [0.2, 0.25) is 0 Å². The number of nitrogens with two attached hydrogens (primary N) is 1. The van der Waals surface area contributed by atoms with Crippen LogP contribution in [0.1, 0.15) is 16.1 Å². The molecule has 0 saturated heterocycles. The Morgan fingerprint density at radius 3 is 2.72 bits per heavy atom. The zero-order valence-electron chi connectivity index (χ0n) is 9.35. The first-order valence-corrected chi connectivity index (χ1v) is 5.16. The molecule has 0 fully saturated rings. The fourth-order valence-electron chi connectivity index (χ4n) is 1.41. The summed E-state index contributed by atoms with van der Waals surface area (Å²) in [5, 5.41) is 0. The SMILES string of the molecule is NNC(=O)c1ccoc1COc1ccc(F)cc1. The van der Waals surface area contributed by atoms with Crippen LogP contribution >= 0.6 is 0 Å². The van der Waals surface area contributed by atoms with Crippen molar-refractivity contribution >= 4 is 5.91 Å². The third-order valence-electron chi connectivity index (χ3n) is 2.30. The van der Waals surface area contributed by atoms with Crippen molar-refractivity contribution in [3.05, 3.63) is 53.7 Å². The molecule has 0 bridgehead atoms. The monoisotopic (exact) mass is 250 g/mol. The number of benzene rings is 1. The Morgan fingerprint density at radius 2 is 2.06 bits per heavy atom. The van der Waals surface area contributed by atoms with Gasteiger partial charge in [0.25, 0.3) is 5.91 Å². The highest BCUT2D eigenvalue weighted by Crippen LogP contribution is 2.16. The second-order valence-electron chi connectivity index (χ2n) is 3.47. The summed E-state index contributed by atoms with van der Waals surface area (Å²) in [5.74, 6) is 5.06. The lowest BCUT2D eigenvalue weighted by Gasteiger charge is -2.05. The standard InChI is InChI=1S/C12H11FN2O3/c13-8-1-3-9(4-2-8)18-7-11-10(5-6-17-11)12(16)15-14/h1-6H,7,14H2,(H,15,16). The van der Waals surface area contributed by atoms with Crippen molar-refractivity contribution in [3.63, 3.8) is 0 Å². The van der Waals surface area contributed by atoms with Gasteiger partial charge in [-0.3, -0.25) is 10.2 Å². The van der Waals surface area contributed by atoms with E-state index in [2.05, 4.69) is 0 Å². The van der Waals surface area contributed by atoms with E-state index >= 15 is 0 Å². The lowest BCUT2D eigenvalue weighted by molar-refractivity contribution is 0.0949. The molecule has 1 heterocycles. The van der Waals surface area contributed by atoms with Crippen molar-refractivity contribution in [2.75, 3.05) is 0 Å². The molecule has 0 unspecified atom stereocenters. The third kappa shape index (κ3) is 2.67. The number of halogens is 1. The van der Waals surface area contributed by atoms with E-state index in [1.165, 1.54) is 36.6 Å². The molecule has 5 nitrogen and oxygen atoms in total. The third-order valence-corrected chi connectivity index (χ3v) is 2.30. The second kappa shape index (κ2) is 5.33. The molecule has 0 aliphatic rings. The molecule has 2 rings (SSSR count). The summed E-state index contributed by atoms with van der Waals surface area (Å²) >= 11 is 0. The maximum absolute atomic E-state index is 12.7. The first-order valence-electron chi connectivity index (χ1n) is 5.16. The molecular formula is C12H11FN2O3. The summed E-state index contributed by atoms with van der Waals surface area (Å²) in [4.78, 5) is 11.4. The molecule has 18 heavy (non-hydrogen) atoms. The predicted octanol–water partition coefficient (Wildman–Crippen LogP) is 1.60. The topological polar surface area (TPSA) is 77.5 Å². The molecule has 2 aromatic rings. The van der Waals surface area contributed by atoms with Gasteiger partial charge in [0.1, 0.15) is 18.2 Å². The van der Waals surface area contributed by atoms with Gasteiger partial charge in [0.05, 0.1) is 11.8 Å². The second-order valence-corrected chi connectivity index (χ2v) is 3.47. The zero-order chi connectivity index (χ0) is 13.0. The van der Waals surface area contributed by atoms with Crippen LogP contribution in [0.15, 0.2) is 41.0 Å². The van der Waals surface area contributed by atoms with Crippen molar-refractivity contribution in [3.8, 4) is 5.75 Å². The summed E-state index contributed by atoms with van der Waals surface area (Å²) in [6.07, 6.45) is 1.37. The highest BCUT2D eigenvalue weighted by atomic mass is 19.1. The van der Waals surface area contributed by atoms with E-state index in [1.54, 1.807) is 0 Å². The van der Waals surface area contributed by atoms with Gasteiger partial charge in [0.2, 0.25) is 0 Å². The van der Waals surface area contributed by atoms with Crippen molar-refractivity contribution < 1.29 is 18.3 Å². The average Bonchev–Trinajstić information content (AvgIpc) is 2.85. The maximum Gasteiger partial charge on any atom is 0.268 e. The van der Waals surface area contributed by atoms with Crippen LogP contribution in [0.4, 0.5) is 4.39 Å². The first-order chi connectivity index (χ1) is 8.70. The number of hydrogen-bond acceptors (Lipinski definition) is 4. The average molecular weight is 250 g/mol. The van der Waals surface area contributed by atoms with Crippen LogP contribution < -0.4 is 16.0 Å². The number of hydrazine groups is 1. The van der Waals surface area contributed by atoms with E-state index in [0.717, 1.165) is 0 Å². The molecule has 0 aliphatic carbocycles. The highest BCUT2D eigenvalue weighted by Gasteiger charge is 2.13. The Kier molecular flexibility index (Phi) is 3.59. The molecule has 1 aromatic carbocycles. The minimum atomic E-state index is -0.457. The van der Waals surface area contributed by atoms with E-state index in [1.807, 2.05) is 5.43 Å². The normalized spacial score (nSPS) is 10.1. The summed E-state index contributed by atoms with van der Waals surface area (Å²) in [6, 6.07) is 7.03. The van der Waals surface area contributed by atoms with Gasteiger partial charge in [-0.25, -0.2) is 10.2 Å². The summed E-state index contributed by atoms with van der Waals surface area (Å²) in [6.45, 7) is 0.0569. The lowest BCUT2D eigenvalue weighted by Crippen LogP contribution is -2.30.